The van der Waals surface area contributed by atoms with Gasteiger partial charge in [0.1, 0.15) is 0 Å². The molecule has 0 aliphatic heterocycles. The van der Waals surface area contributed by atoms with Gasteiger partial charge in [0.2, 0.25) is 0 Å². The molecule has 19 heavy (non-hydrogen) atoms. The third-order valence-corrected chi connectivity index (χ3v) is 4.65. The van der Waals surface area contributed by atoms with Gasteiger partial charge in [0.05, 0.1) is 10.6 Å². The number of nitrogens with zero attached hydrogens (tertiary/aromatic N) is 1. The Morgan fingerprint density at radius 3 is 2.89 bits per heavy atom. The molecule has 1 amide bonds. The Kier molecular flexibility index (Phi) is 5.25. The molecule has 1 N–H and O–H groups in total. The highest BCUT2D eigenvalue weighted by Gasteiger charge is 2.27. The van der Waals surface area contributed by atoms with Gasteiger partial charge in [-0.05, 0) is 47.4 Å². The second kappa shape index (κ2) is 6.73. The Hall–Kier alpha value is -0.580. The van der Waals surface area contributed by atoms with E-state index in [9.17, 15) is 4.79 Å². The predicted molar refractivity (Wildman–Crippen MR) is 81.8 cm³/mol. The number of hydrogen-bond donors (Lipinski definition) is 1. The van der Waals surface area contributed by atoms with Gasteiger partial charge in [0, 0.05) is 23.6 Å². The van der Waals surface area contributed by atoms with Crippen LogP contribution in [0.5, 0.6) is 0 Å². The second-order valence-corrected chi connectivity index (χ2v) is 5.95. The van der Waals surface area contributed by atoms with Gasteiger partial charge in [-0.2, -0.15) is 0 Å². The maximum atomic E-state index is 12.0. The number of carbonyl (C=O) groups is 1. The standard InChI is InChI=1S/C14H18BrClN2O/c1-2-18(10-6-7-10)9-8-17-14(19)11-4-3-5-12(15)13(11)16/h3-5,10H,2,6-9H2,1H3,(H,17,19). The minimum atomic E-state index is -0.113. The minimum absolute atomic E-state index is 0.113. The number of nitrogens with one attached hydrogen (secondary N) is 1. The molecule has 1 aromatic rings. The minimum Gasteiger partial charge on any atom is -0.351 e. The molecule has 0 heterocycles. The van der Waals surface area contributed by atoms with Crippen LogP contribution in [0, 0.1) is 0 Å². The number of benzene rings is 1. The molecule has 104 valence electrons. The Balaban J connectivity index is 1.85. The van der Waals surface area contributed by atoms with Gasteiger partial charge in [-0.3, -0.25) is 9.69 Å². The number of amides is 1. The maximum Gasteiger partial charge on any atom is 0.252 e. The topological polar surface area (TPSA) is 32.3 Å². The van der Waals surface area contributed by atoms with Crippen molar-refractivity contribution in [3.63, 3.8) is 0 Å². The van der Waals surface area contributed by atoms with E-state index in [4.69, 9.17) is 11.6 Å². The zero-order chi connectivity index (χ0) is 13.8. The third kappa shape index (κ3) is 3.94. The quantitative estimate of drug-likeness (QED) is 0.858. The summed E-state index contributed by atoms with van der Waals surface area (Å²) >= 11 is 9.42. The Morgan fingerprint density at radius 1 is 1.53 bits per heavy atom. The van der Waals surface area contributed by atoms with Crippen LogP contribution in [0.25, 0.3) is 0 Å². The van der Waals surface area contributed by atoms with Crippen LogP contribution in [0.4, 0.5) is 0 Å². The summed E-state index contributed by atoms with van der Waals surface area (Å²) in [6, 6.07) is 6.11. The molecule has 2 rings (SSSR count). The van der Waals surface area contributed by atoms with Crippen LogP contribution in [0.15, 0.2) is 22.7 Å². The van der Waals surface area contributed by atoms with E-state index >= 15 is 0 Å². The number of carbonyl (C=O) groups excluding carboxylic acids is 1. The SMILES string of the molecule is CCN(CCNC(=O)c1cccc(Br)c1Cl)C1CC1. The highest BCUT2D eigenvalue weighted by molar-refractivity contribution is 9.10. The van der Waals surface area contributed by atoms with E-state index in [1.165, 1.54) is 12.8 Å². The first kappa shape index (κ1) is 14.8. The summed E-state index contributed by atoms with van der Waals surface area (Å²) in [6.45, 7) is 4.76. The van der Waals surface area contributed by atoms with E-state index in [1.807, 2.05) is 12.1 Å². The largest absolute Gasteiger partial charge is 0.351 e. The van der Waals surface area contributed by atoms with Crippen LogP contribution < -0.4 is 5.32 Å². The summed E-state index contributed by atoms with van der Waals surface area (Å²) in [6.07, 6.45) is 2.58. The molecule has 1 aliphatic rings. The van der Waals surface area contributed by atoms with Crippen molar-refractivity contribution in [3.05, 3.63) is 33.3 Å². The van der Waals surface area contributed by atoms with E-state index in [-0.39, 0.29) is 5.91 Å². The molecule has 1 aliphatic carbocycles. The first-order valence-electron chi connectivity index (χ1n) is 6.59. The van der Waals surface area contributed by atoms with Crippen molar-refractivity contribution in [2.45, 2.75) is 25.8 Å². The lowest BCUT2D eigenvalue weighted by Crippen LogP contribution is -2.36. The van der Waals surface area contributed by atoms with Crippen molar-refractivity contribution < 1.29 is 4.79 Å². The zero-order valence-electron chi connectivity index (χ0n) is 11.0. The van der Waals surface area contributed by atoms with E-state index in [1.54, 1.807) is 6.07 Å². The first-order valence-corrected chi connectivity index (χ1v) is 7.76. The molecular weight excluding hydrogens is 328 g/mol. The zero-order valence-corrected chi connectivity index (χ0v) is 13.3. The average Bonchev–Trinajstić information content (AvgIpc) is 3.22. The fourth-order valence-corrected chi connectivity index (χ4v) is 2.70. The lowest BCUT2D eigenvalue weighted by molar-refractivity contribution is 0.0948. The molecule has 3 nitrogen and oxygen atoms in total. The van der Waals surface area contributed by atoms with Crippen molar-refractivity contribution in [2.24, 2.45) is 0 Å². The Bertz CT molecular complexity index is 463. The molecule has 1 aromatic carbocycles. The highest BCUT2D eigenvalue weighted by atomic mass is 79.9. The van der Waals surface area contributed by atoms with Gasteiger partial charge in [-0.15, -0.1) is 0 Å². The molecule has 0 unspecified atom stereocenters. The van der Waals surface area contributed by atoms with Crippen LogP contribution in [0.1, 0.15) is 30.1 Å². The molecule has 0 saturated heterocycles. The van der Waals surface area contributed by atoms with E-state index in [2.05, 4.69) is 33.1 Å². The number of likely N-dealkylation sites (N-methyl/N-ethyl adjacent to an activating group) is 1. The van der Waals surface area contributed by atoms with Crippen molar-refractivity contribution in [2.75, 3.05) is 19.6 Å². The molecule has 1 saturated carbocycles. The summed E-state index contributed by atoms with van der Waals surface area (Å²) < 4.78 is 0.745. The summed E-state index contributed by atoms with van der Waals surface area (Å²) in [7, 11) is 0. The monoisotopic (exact) mass is 344 g/mol. The number of hydrogen-bond acceptors (Lipinski definition) is 2. The van der Waals surface area contributed by atoms with Gasteiger partial charge >= 0.3 is 0 Å². The summed E-state index contributed by atoms with van der Waals surface area (Å²) in [5.74, 6) is -0.113. The van der Waals surface area contributed by atoms with Gasteiger partial charge in [-0.1, -0.05) is 24.6 Å². The van der Waals surface area contributed by atoms with Gasteiger partial charge < -0.3 is 5.32 Å². The van der Waals surface area contributed by atoms with Gasteiger partial charge in [-0.25, -0.2) is 0 Å². The summed E-state index contributed by atoms with van der Waals surface area (Å²) in [4.78, 5) is 14.4. The second-order valence-electron chi connectivity index (χ2n) is 4.72. The smallest absolute Gasteiger partial charge is 0.252 e. The van der Waals surface area contributed by atoms with Crippen molar-refractivity contribution >= 4 is 33.4 Å². The van der Waals surface area contributed by atoms with Crippen molar-refractivity contribution in [1.82, 2.24) is 10.2 Å². The lowest BCUT2D eigenvalue weighted by atomic mass is 10.2. The lowest BCUT2D eigenvalue weighted by Gasteiger charge is -2.19. The van der Waals surface area contributed by atoms with Crippen molar-refractivity contribution in [1.29, 1.82) is 0 Å². The van der Waals surface area contributed by atoms with E-state index in [0.29, 0.717) is 17.1 Å². The van der Waals surface area contributed by atoms with Crippen LogP contribution in [-0.4, -0.2) is 36.5 Å². The molecule has 0 radical (unpaired) electrons. The fourth-order valence-electron chi connectivity index (χ4n) is 2.13. The van der Waals surface area contributed by atoms with E-state index in [0.717, 1.165) is 23.6 Å². The fraction of sp³-hybridized carbons (Fsp3) is 0.500. The molecular formula is C14H18BrClN2O. The van der Waals surface area contributed by atoms with Crippen molar-refractivity contribution in [3.8, 4) is 0 Å². The van der Waals surface area contributed by atoms with Crippen LogP contribution in [0.3, 0.4) is 0 Å². The third-order valence-electron chi connectivity index (χ3n) is 3.35. The normalized spacial score (nSPS) is 14.7. The predicted octanol–water partition coefficient (Wildman–Crippen LogP) is 3.32. The maximum absolute atomic E-state index is 12.0. The van der Waals surface area contributed by atoms with Crippen LogP contribution in [0.2, 0.25) is 5.02 Å². The molecule has 1 fully saturated rings. The molecule has 0 atom stereocenters. The molecule has 0 aromatic heterocycles. The summed E-state index contributed by atoms with van der Waals surface area (Å²) in [5.41, 5.74) is 0.519. The van der Waals surface area contributed by atoms with Gasteiger partial charge in [0.15, 0.2) is 0 Å². The number of halogens is 2. The highest BCUT2D eigenvalue weighted by Crippen LogP contribution is 2.26. The molecule has 5 heteroatoms. The molecule has 0 spiro atoms. The van der Waals surface area contributed by atoms with E-state index < -0.39 is 0 Å². The average molecular weight is 346 g/mol. The Morgan fingerprint density at radius 2 is 2.26 bits per heavy atom. The Labute approximate surface area is 127 Å². The number of rotatable bonds is 6. The van der Waals surface area contributed by atoms with Gasteiger partial charge in [0.25, 0.3) is 5.91 Å². The molecule has 0 bridgehead atoms. The summed E-state index contributed by atoms with van der Waals surface area (Å²) in [5, 5.41) is 3.40. The first-order chi connectivity index (χ1) is 9.13. The van der Waals surface area contributed by atoms with Crippen LogP contribution in [-0.2, 0) is 0 Å². The van der Waals surface area contributed by atoms with Crippen LogP contribution >= 0.6 is 27.5 Å².